The van der Waals surface area contributed by atoms with Crippen LogP contribution in [0.2, 0.25) is 0 Å². The first-order chi connectivity index (χ1) is 11.3. The van der Waals surface area contributed by atoms with Crippen molar-refractivity contribution in [2.45, 2.75) is 31.9 Å². The van der Waals surface area contributed by atoms with E-state index in [9.17, 15) is 4.39 Å². The Balaban J connectivity index is 1.41. The molecule has 0 saturated carbocycles. The van der Waals surface area contributed by atoms with Gasteiger partial charge in [-0.25, -0.2) is 9.37 Å². The molecule has 7 heteroatoms. The van der Waals surface area contributed by atoms with Crippen molar-refractivity contribution in [3.63, 3.8) is 0 Å². The van der Waals surface area contributed by atoms with Gasteiger partial charge in [-0.2, -0.15) is 4.98 Å². The highest BCUT2D eigenvalue weighted by Gasteiger charge is 2.25. The third kappa shape index (κ3) is 2.94. The Morgan fingerprint density at radius 2 is 2.35 bits per heavy atom. The van der Waals surface area contributed by atoms with E-state index in [1.54, 1.807) is 12.1 Å². The molecule has 0 saturated heterocycles. The quantitative estimate of drug-likeness (QED) is 0.741. The summed E-state index contributed by atoms with van der Waals surface area (Å²) in [6.07, 6.45) is 5.61. The van der Waals surface area contributed by atoms with Gasteiger partial charge in [0.25, 0.3) is 0 Å². The summed E-state index contributed by atoms with van der Waals surface area (Å²) in [6, 6.07) is 5.97. The van der Waals surface area contributed by atoms with E-state index in [2.05, 4.69) is 19.7 Å². The number of halogens is 1. The number of fused-ring (bicyclic) bond motifs is 1. The molecule has 0 fully saturated rings. The summed E-state index contributed by atoms with van der Waals surface area (Å²) in [5, 5.41) is 3.94. The van der Waals surface area contributed by atoms with Crippen molar-refractivity contribution in [1.29, 1.82) is 0 Å². The molecule has 1 aliphatic heterocycles. The standard InChI is InChI=1S/C16H15FN4O2/c17-12-2-1-3-13(8-12)22-10-14-19-16(23-20-14)11-4-5-15-18-6-7-21(15)9-11/h1-3,6-8,11H,4-5,9-10H2. The minimum Gasteiger partial charge on any atom is -0.485 e. The summed E-state index contributed by atoms with van der Waals surface area (Å²) in [7, 11) is 0. The molecule has 2 aromatic heterocycles. The number of aryl methyl sites for hydroxylation is 1. The number of aromatic nitrogens is 4. The average Bonchev–Trinajstić information content (AvgIpc) is 3.21. The molecule has 0 bridgehead atoms. The summed E-state index contributed by atoms with van der Waals surface area (Å²) in [5.41, 5.74) is 0. The van der Waals surface area contributed by atoms with Gasteiger partial charge in [-0.05, 0) is 18.6 Å². The molecule has 0 spiro atoms. The smallest absolute Gasteiger partial charge is 0.231 e. The van der Waals surface area contributed by atoms with E-state index in [4.69, 9.17) is 9.26 Å². The Hall–Kier alpha value is -2.70. The maximum absolute atomic E-state index is 13.1. The molecule has 0 amide bonds. The second kappa shape index (κ2) is 5.83. The molecule has 118 valence electrons. The van der Waals surface area contributed by atoms with Crippen molar-refractivity contribution in [2.75, 3.05) is 0 Å². The van der Waals surface area contributed by atoms with Gasteiger partial charge in [0.1, 0.15) is 17.4 Å². The van der Waals surface area contributed by atoms with Gasteiger partial charge in [0.05, 0.1) is 5.92 Å². The summed E-state index contributed by atoms with van der Waals surface area (Å²) in [4.78, 5) is 8.70. The number of hydrogen-bond acceptors (Lipinski definition) is 5. The molecule has 3 heterocycles. The second-order valence-corrected chi connectivity index (χ2v) is 5.53. The molecule has 3 aromatic rings. The largest absolute Gasteiger partial charge is 0.485 e. The number of nitrogens with zero attached hydrogens (tertiary/aromatic N) is 4. The van der Waals surface area contributed by atoms with E-state index < -0.39 is 0 Å². The zero-order valence-electron chi connectivity index (χ0n) is 12.4. The van der Waals surface area contributed by atoms with Crippen molar-refractivity contribution in [3.8, 4) is 5.75 Å². The first-order valence-electron chi connectivity index (χ1n) is 7.49. The highest BCUT2D eigenvalue weighted by atomic mass is 19.1. The fraction of sp³-hybridized carbons (Fsp3) is 0.312. The van der Waals surface area contributed by atoms with Crippen LogP contribution in [-0.4, -0.2) is 19.7 Å². The van der Waals surface area contributed by atoms with Gasteiger partial charge in [0.2, 0.25) is 11.7 Å². The fourth-order valence-corrected chi connectivity index (χ4v) is 2.76. The number of rotatable bonds is 4. The third-order valence-electron chi connectivity index (χ3n) is 3.93. The Bertz CT molecular complexity index is 814. The molecule has 1 aliphatic rings. The van der Waals surface area contributed by atoms with Crippen LogP contribution in [0.25, 0.3) is 0 Å². The zero-order valence-corrected chi connectivity index (χ0v) is 12.4. The fourth-order valence-electron chi connectivity index (χ4n) is 2.76. The van der Waals surface area contributed by atoms with E-state index >= 15 is 0 Å². The monoisotopic (exact) mass is 314 g/mol. The topological polar surface area (TPSA) is 66.0 Å². The van der Waals surface area contributed by atoms with Crippen molar-refractivity contribution in [3.05, 3.63) is 60.0 Å². The Kier molecular flexibility index (Phi) is 3.53. The number of benzene rings is 1. The van der Waals surface area contributed by atoms with Crippen molar-refractivity contribution < 1.29 is 13.7 Å². The van der Waals surface area contributed by atoms with E-state index in [1.807, 2.05) is 12.4 Å². The molecular weight excluding hydrogens is 299 g/mol. The number of ether oxygens (including phenoxy) is 1. The minimum atomic E-state index is -0.338. The van der Waals surface area contributed by atoms with Gasteiger partial charge in [-0.3, -0.25) is 0 Å². The van der Waals surface area contributed by atoms with Crippen LogP contribution in [0.5, 0.6) is 5.75 Å². The highest BCUT2D eigenvalue weighted by molar-refractivity contribution is 5.22. The molecule has 1 aromatic carbocycles. The van der Waals surface area contributed by atoms with Gasteiger partial charge in [-0.15, -0.1) is 0 Å². The zero-order chi connectivity index (χ0) is 15.6. The SMILES string of the molecule is Fc1cccc(OCc2noc(C3CCc4nccn4C3)n2)c1. The lowest BCUT2D eigenvalue weighted by molar-refractivity contribution is 0.279. The van der Waals surface area contributed by atoms with Gasteiger partial charge >= 0.3 is 0 Å². The summed E-state index contributed by atoms with van der Waals surface area (Å²) >= 11 is 0. The number of imidazole rings is 1. The van der Waals surface area contributed by atoms with Crippen molar-refractivity contribution in [2.24, 2.45) is 0 Å². The summed E-state index contributed by atoms with van der Waals surface area (Å²) < 4.78 is 26.0. The molecule has 4 rings (SSSR count). The van der Waals surface area contributed by atoms with E-state index in [0.29, 0.717) is 17.5 Å². The summed E-state index contributed by atoms with van der Waals surface area (Å²) in [6.45, 7) is 0.942. The average molecular weight is 314 g/mol. The van der Waals surface area contributed by atoms with Gasteiger partial charge in [-0.1, -0.05) is 11.2 Å². The van der Waals surface area contributed by atoms with Crippen LogP contribution in [0.1, 0.15) is 29.9 Å². The lowest BCUT2D eigenvalue weighted by atomic mass is 9.99. The molecular formula is C16H15FN4O2. The van der Waals surface area contributed by atoms with Crippen LogP contribution < -0.4 is 4.74 Å². The lowest BCUT2D eigenvalue weighted by Crippen LogP contribution is -2.18. The van der Waals surface area contributed by atoms with E-state index in [0.717, 1.165) is 25.2 Å². The number of hydrogen-bond donors (Lipinski definition) is 0. The first-order valence-corrected chi connectivity index (χ1v) is 7.49. The van der Waals surface area contributed by atoms with Crippen LogP contribution in [0, 0.1) is 5.82 Å². The maximum atomic E-state index is 13.1. The minimum absolute atomic E-state index is 0.149. The van der Waals surface area contributed by atoms with Crippen LogP contribution in [0.3, 0.4) is 0 Å². The van der Waals surface area contributed by atoms with Crippen LogP contribution in [-0.2, 0) is 19.6 Å². The molecule has 23 heavy (non-hydrogen) atoms. The molecule has 1 atom stereocenters. The molecule has 0 aliphatic carbocycles. The highest BCUT2D eigenvalue weighted by Crippen LogP contribution is 2.27. The molecule has 6 nitrogen and oxygen atoms in total. The van der Waals surface area contributed by atoms with E-state index in [-0.39, 0.29) is 18.3 Å². The Morgan fingerprint density at radius 1 is 1.39 bits per heavy atom. The predicted molar refractivity (Wildman–Crippen MR) is 78.3 cm³/mol. The van der Waals surface area contributed by atoms with Gasteiger partial charge in [0, 0.05) is 31.4 Å². The predicted octanol–water partition coefficient (Wildman–Crippen LogP) is 2.71. The van der Waals surface area contributed by atoms with Gasteiger partial charge < -0.3 is 13.8 Å². The van der Waals surface area contributed by atoms with E-state index in [1.165, 1.54) is 12.1 Å². The van der Waals surface area contributed by atoms with Crippen LogP contribution >= 0.6 is 0 Å². The summed E-state index contributed by atoms with van der Waals surface area (Å²) in [5.74, 6) is 2.46. The lowest BCUT2D eigenvalue weighted by Gasteiger charge is -2.20. The maximum Gasteiger partial charge on any atom is 0.231 e. The Labute approximate surface area is 131 Å². The Morgan fingerprint density at radius 3 is 3.26 bits per heavy atom. The van der Waals surface area contributed by atoms with Crippen LogP contribution in [0.4, 0.5) is 4.39 Å². The first kappa shape index (κ1) is 13.9. The third-order valence-corrected chi connectivity index (χ3v) is 3.93. The molecule has 1 unspecified atom stereocenters. The molecule has 0 N–H and O–H groups in total. The van der Waals surface area contributed by atoms with Crippen molar-refractivity contribution in [1.82, 2.24) is 19.7 Å². The van der Waals surface area contributed by atoms with Gasteiger partial charge in [0.15, 0.2) is 6.61 Å². The second-order valence-electron chi connectivity index (χ2n) is 5.53. The van der Waals surface area contributed by atoms with Crippen LogP contribution in [0.15, 0.2) is 41.2 Å². The van der Waals surface area contributed by atoms with Crippen molar-refractivity contribution >= 4 is 0 Å². The normalized spacial score (nSPS) is 17.0. The molecule has 0 radical (unpaired) electrons.